The van der Waals surface area contributed by atoms with Gasteiger partial charge in [0.2, 0.25) is 0 Å². The molecule has 106 valence electrons. The zero-order valence-corrected chi connectivity index (χ0v) is 13.1. The lowest BCUT2D eigenvalue weighted by Crippen LogP contribution is -1.88. The summed E-state index contributed by atoms with van der Waals surface area (Å²) in [4.78, 5) is 21.7. The van der Waals surface area contributed by atoms with E-state index in [-0.39, 0.29) is 0 Å². The van der Waals surface area contributed by atoms with Crippen LogP contribution in [-0.2, 0) is 0 Å². The predicted molar refractivity (Wildman–Crippen MR) is 82.9 cm³/mol. The van der Waals surface area contributed by atoms with Crippen LogP contribution in [0.2, 0.25) is 0 Å². The van der Waals surface area contributed by atoms with Gasteiger partial charge in [0.25, 0.3) is 0 Å². The molecule has 0 aliphatic rings. The summed E-state index contributed by atoms with van der Waals surface area (Å²) >= 11 is 3.16. The lowest BCUT2D eigenvalue weighted by atomic mass is 10.4. The summed E-state index contributed by atoms with van der Waals surface area (Å²) < 4.78 is 0. The number of benzene rings is 1. The molecule has 1 rings (SSSR count). The molecule has 0 saturated heterocycles. The monoisotopic (exact) mass is 320 g/mol. The lowest BCUT2D eigenvalue weighted by molar-refractivity contribution is 0.221. The highest BCUT2D eigenvalue weighted by Gasteiger charge is 2.10. The number of thioether (sulfide) groups is 3. The molecule has 0 aromatic heterocycles. The molecule has 0 radical (unpaired) electrons. The summed E-state index contributed by atoms with van der Waals surface area (Å²) in [7, 11) is 0. The molecule has 7 heteroatoms. The van der Waals surface area contributed by atoms with Crippen molar-refractivity contribution >= 4 is 45.9 Å². The first-order valence-corrected chi connectivity index (χ1v) is 8.28. The Morgan fingerprint density at radius 2 is 1.32 bits per heavy atom. The van der Waals surface area contributed by atoms with Gasteiger partial charge >= 0.3 is 10.6 Å². The van der Waals surface area contributed by atoms with Crippen molar-refractivity contribution in [2.75, 3.05) is 11.5 Å². The third kappa shape index (κ3) is 9.75. The third-order valence-electron chi connectivity index (χ3n) is 1.65. The van der Waals surface area contributed by atoms with Gasteiger partial charge in [0.15, 0.2) is 0 Å². The van der Waals surface area contributed by atoms with Gasteiger partial charge in [-0.2, -0.15) is 11.8 Å². The van der Waals surface area contributed by atoms with Crippen molar-refractivity contribution in [2.24, 2.45) is 0 Å². The van der Waals surface area contributed by atoms with Crippen molar-refractivity contribution < 1.29 is 19.8 Å². The molecule has 0 aliphatic carbocycles. The first kappa shape index (κ1) is 18.2. The molecule has 0 spiro atoms. The van der Waals surface area contributed by atoms with E-state index < -0.39 is 10.6 Å². The molecule has 0 atom stereocenters. The first-order valence-electron chi connectivity index (χ1n) is 5.49. The largest absolute Gasteiger partial charge is 0.473 e. The molecule has 4 nitrogen and oxygen atoms in total. The zero-order chi connectivity index (χ0) is 14.7. The minimum atomic E-state index is -1.05. The fourth-order valence-corrected chi connectivity index (χ4v) is 2.68. The third-order valence-corrected chi connectivity index (χ3v) is 4.10. The Balaban J connectivity index is 0.000000555. The summed E-state index contributed by atoms with van der Waals surface area (Å²) in [6.45, 7) is 4.35. The van der Waals surface area contributed by atoms with E-state index in [1.807, 2.05) is 11.8 Å². The van der Waals surface area contributed by atoms with Crippen LogP contribution in [0.4, 0.5) is 9.59 Å². The first-order chi connectivity index (χ1) is 9.01. The van der Waals surface area contributed by atoms with E-state index in [9.17, 15) is 9.59 Å². The second kappa shape index (κ2) is 11.1. The van der Waals surface area contributed by atoms with E-state index in [0.717, 1.165) is 0 Å². The Hall–Kier alpha value is -0.790. The fourth-order valence-electron chi connectivity index (χ4n) is 1.01. The minimum Gasteiger partial charge on any atom is -0.473 e. The highest BCUT2D eigenvalue weighted by atomic mass is 32.2. The number of rotatable bonds is 4. The van der Waals surface area contributed by atoms with Crippen molar-refractivity contribution in [1.29, 1.82) is 0 Å². The molecule has 0 heterocycles. The highest BCUT2D eigenvalue weighted by Crippen LogP contribution is 2.31. The SMILES string of the molecule is CCSCC.O=C(O)Sc1ccccc1SC(=O)O. The quantitative estimate of drug-likeness (QED) is 0.757. The zero-order valence-electron chi connectivity index (χ0n) is 10.7. The van der Waals surface area contributed by atoms with E-state index in [4.69, 9.17) is 10.2 Å². The second-order valence-electron chi connectivity index (χ2n) is 2.96. The van der Waals surface area contributed by atoms with Crippen LogP contribution in [0.5, 0.6) is 0 Å². The van der Waals surface area contributed by atoms with Crippen LogP contribution in [0.25, 0.3) is 0 Å². The molecule has 0 fully saturated rings. The predicted octanol–water partition coefficient (Wildman–Crippen LogP) is 4.99. The Morgan fingerprint density at radius 1 is 0.947 bits per heavy atom. The summed E-state index contributed by atoms with van der Waals surface area (Å²) in [6, 6.07) is 6.47. The van der Waals surface area contributed by atoms with Crippen molar-refractivity contribution in [3.8, 4) is 0 Å². The standard InChI is InChI=1S/C8H6O4S2.C4H10S/c9-7(10)13-5-3-1-2-4-6(5)14-8(11)12;1-3-5-4-2/h1-4H,(H,9,10)(H,11,12);3-4H2,1-2H3. The van der Waals surface area contributed by atoms with Gasteiger partial charge < -0.3 is 10.2 Å². The molecule has 0 saturated carbocycles. The van der Waals surface area contributed by atoms with Crippen molar-refractivity contribution in [2.45, 2.75) is 23.6 Å². The van der Waals surface area contributed by atoms with Crippen LogP contribution in [0.3, 0.4) is 0 Å². The fraction of sp³-hybridized carbons (Fsp3) is 0.333. The van der Waals surface area contributed by atoms with Gasteiger partial charge in [-0.3, -0.25) is 0 Å². The van der Waals surface area contributed by atoms with E-state index in [2.05, 4.69) is 13.8 Å². The molecule has 2 N–H and O–H groups in total. The number of carboxylic acid groups (broad SMARTS) is 2. The number of carbonyl (C=O) groups is 2. The Labute approximate surface area is 125 Å². The van der Waals surface area contributed by atoms with Gasteiger partial charge in [-0.1, -0.05) is 26.0 Å². The molecule has 1 aromatic carbocycles. The number of hydrogen-bond acceptors (Lipinski definition) is 5. The molecular weight excluding hydrogens is 304 g/mol. The molecule has 19 heavy (non-hydrogen) atoms. The summed E-state index contributed by atoms with van der Waals surface area (Å²) in [6.07, 6.45) is 0. The smallest absolute Gasteiger partial charge is 0.369 e. The Morgan fingerprint density at radius 3 is 1.53 bits per heavy atom. The van der Waals surface area contributed by atoms with Crippen molar-refractivity contribution in [3.63, 3.8) is 0 Å². The molecule has 0 amide bonds. The summed E-state index contributed by atoms with van der Waals surface area (Å²) in [5.74, 6) is 2.52. The molecule has 0 bridgehead atoms. The van der Waals surface area contributed by atoms with Crippen LogP contribution in [0, 0.1) is 0 Å². The van der Waals surface area contributed by atoms with E-state index in [0.29, 0.717) is 33.3 Å². The van der Waals surface area contributed by atoms with Crippen LogP contribution < -0.4 is 0 Å². The maximum absolute atomic E-state index is 10.4. The van der Waals surface area contributed by atoms with Crippen LogP contribution in [-0.4, -0.2) is 32.3 Å². The van der Waals surface area contributed by atoms with Gasteiger partial charge in [-0.25, -0.2) is 9.59 Å². The Kier molecular flexibility index (Phi) is 10.6. The van der Waals surface area contributed by atoms with Gasteiger partial charge in [0, 0.05) is 9.79 Å². The second-order valence-corrected chi connectivity index (χ2v) is 6.51. The van der Waals surface area contributed by atoms with Gasteiger partial charge in [-0.15, -0.1) is 0 Å². The van der Waals surface area contributed by atoms with Gasteiger partial charge in [0.1, 0.15) is 0 Å². The van der Waals surface area contributed by atoms with Crippen LogP contribution in [0.1, 0.15) is 13.8 Å². The van der Waals surface area contributed by atoms with E-state index in [1.54, 1.807) is 24.3 Å². The topological polar surface area (TPSA) is 74.6 Å². The molecule has 1 aromatic rings. The maximum atomic E-state index is 10.4. The maximum Gasteiger partial charge on any atom is 0.369 e. The van der Waals surface area contributed by atoms with Crippen LogP contribution in [0.15, 0.2) is 34.1 Å². The highest BCUT2D eigenvalue weighted by molar-refractivity contribution is 8.15. The lowest BCUT2D eigenvalue weighted by Gasteiger charge is -2.02. The number of hydrogen-bond donors (Lipinski definition) is 2. The summed E-state index contributed by atoms with van der Waals surface area (Å²) in [5, 5.41) is 15.0. The molecule has 0 aliphatic heterocycles. The van der Waals surface area contributed by atoms with Crippen molar-refractivity contribution in [3.05, 3.63) is 24.3 Å². The average molecular weight is 320 g/mol. The average Bonchev–Trinajstić information content (AvgIpc) is 2.32. The summed E-state index contributed by atoms with van der Waals surface area (Å²) in [5.41, 5.74) is 0. The normalized spacial score (nSPS) is 9.37. The van der Waals surface area contributed by atoms with Gasteiger partial charge in [0.05, 0.1) is 0 Å². The van der Waals surface area contributed by atoms with E-state index in [1.165, 1.54) is 11.5 Å². The van der Waals surface area contributed by atoms with Crippen molar-refractivity contribution in [1.82, 2.24) is 0 Å². The van der Waals surface area contributed by atoms with Gasteiger partial charge in [-0.05, 0) is 47.2 Å². The minimum absolute atomic E-state index is 0.437. The van der Waals surface area contributed by atoms with E-state index >= 15 is 0 Å². The molecule has 0 unspecified atom stereocenters. The Bertz CT molecular complexity index is 373. The molecular formula is C12H16O4S3. The van der Waals surface area contributed by atoms with Crippen LogP contribution >= 0.6 is 35.3 Å².